The van der Waals surface area contributed by atoms with Gasteiger partial charge >= 0.3 is 0 Å². The molecule has 1 aliphatic heterocycles. The normalized spacial score (nSPS) is 15.7. The van der Waals surface area contributed by atoms with Gasteiger partial charge in [-0.15, -0.1) is 0 Å². The number of benzene rings is 1. The quantitative estimate of drug-likeness (QED) is 0.549. The first-order chi connectivity index (χ1) is 13.5. The third-order valence-electron chi connectivity index (χ3n) is 5.47. The first kappa shape index (κ1) is 22.2. The standard InChI is InChI=1S/C22H37N5O/c1-6-23-22(25(5)17-21(28)26(7-2)8-3)24-15-18(4)27-14-13-19-11-9-10-12-20(19)16-27/h9-12,18H,6-8,13-17H2,1-5H3,(H,23,24). The molecule has 0 radical (unpaired) electrons. The van der Waals surface area contributed by atoms with E-state index in [1.54, 1.807) is 0 Å². The largest absolute Gasteiger partial charge is 0.357 e. The highest BCUT2D eigenvalue weighted by Gasteiger charge is 2.21. The minimum atomic E-state index is 0.138. The Hall–Kier alpha value is -2.08. The number of guanidine groups is 1. The molecule has 1 N–H and O–H groups in total. The van der Waals surface area contributed by atoms with Crippen LogP contribution in [0.4, 0.5) is 0 Å². The molecule has 1 aromatic rings. The van der Waals surface area contributed by atoms with Crippen LogP contribution >= 0.6 is 0 Å². The van der Waals surface area contributed by atoms with Gasteiger partial charge < -0.3 is 15.1 Å². The number of fused-ring (bicyclic) bond motifs is 1. The predicted molar refractivity (Wildman–Crippen MR) is 117 cm³/mol. The van der Waals surface area contributed by atoms with Gasteiger partial charge in [-0.2, -0.15) is 0 Å². The summed E-state index contributed by atoms with van der Waals surface area (Å²) in [7, 11) is 1.94. The number of hydrogen-bond donors (Lipinski definition) is 1. The molecule has 1 amide bonds. The van der Waals surface area contributed by atoms with E-state index in [1.807, 2.05) is 30.7 Å². The van der Waals surface area contributed by atoms with Gasteiger partial charge in [0.1, 0.15) is 0 Å². The molecule has 0 aliphatic carbocycles. The third-order valence-corrected chi connectivity index (χ3v) is 5.47. The van der Waals surface area contributed by atoms with Crippen LogP contribution in [0.25, 0.3) is 0 Å². The van der Waals surface area contributed by atoms with Gasteiger partial charge in [0, 0.05) is 45.8 Å². The Morgan fingerprint density at radius 2 is 1.89 bits per heavy atom. The number of nitrogens with one attached hydrogen (secondary N) is 1. The zero-order valence-electron chi connectivity index (χ0n) is 18.2. The van der Waals surface area contributed by atoms with Gasteiger partial charge in [0.25, 0.3) is 0 Å². The maximum Gasteiger partial charge on any atom is 0.242 e. The highest BCUT2D eigenvalue weighted by atomic mass is 16.2. The summed E-state index contributed by atoms with van der Waals surface area (Å²) >= 11 is 0. The summed E-state index contributed by atoms with van der Waals surface area (Å²) in [6.07, 6.45) is 1.10. The van der Waals surface area contributed by atoms with Gasteiger partial charge in [0.05, 0.1) is 13.1 Å². The van der Waals surface area contributed by atoms with Crippen molar-refractivity contribution in [2.75, 3.05) is 46.3 Å². The van der Waals surface area contributed by atoms with Crippen molar-refractivity contribution in [1.29, 1.82) is 0 Å². The number of nitrogens with zero attached hydrogens (tertiary/aromatic N) is 4. The molecule has 28 heavy (non-hydrogen) atoms. The number of amides is 1. The molecule has 6 heteroatoms. The van der Waals surface area contributed by atoms with E-state index in [4.69, 9.17) is 4.99 Å². The summed E-state index contributed by atoms with van der Waals surface area (Å²) in [5.74, 6) is 0.936. The summed E-state index contributed by atoms with van der Waals surface area (Å²) in [6.45, 7) is 13.7. The highest BCUT2D eigenvalue weighted by molar-refractivity contribution is 5.86. The number of likely N-dealkylation sites (N-methyl/N-ethyl adjacent to an activating group) is 2. The Morgan fingerprint density at radius 3 is 2.54 bits per heavy atom. The van der Waals surface area contributed by atoms with E-state index in [1.165, 1.54) is 11.1 Å². The van der Waals surface area contributed by atoms with Crippen LogP contribution in [0.3, 0.4) is 0 Å². The number of carbonyl (C=O) groups is 1. The number of aliphatic imine (C=N–C) groups is 1. The summed E-state index contributed by atoms with van der Waals surface area (Å²) in [5, 5.41) is 3.32. The second kappa shape index (κ2) is 11.1. The molecule has 0 aromatic heterocycles. The number of hydrogen-bond acceptors (Lipinski definition) is 3. The van der Waals surface area contributed by atoms with E-state index >= 15 is 0 Å². The Labute approximate surface area is 170 Å². The molecule has 1 unspecified atom stereocenters. The Balaban J connectivity index is 1.96. The summed E-state index contributed by atoms with van der Waals surface area (Å²) < 4.78 is 0. The summed E-state index contributed by atoms with van der Waals surface area (Å²) in [4.78, 5) is 23.5. The van der Waals surface area contributed by atoms with Gasteiger partial charge in [-0.1, -0.05) is 24.3 Å². The van der Waals surface area contributed by atoms with Crippen molar-refractivity contribution in [3.05, 3.63) is 35.4 Å². The lowest BCUT2D eigenvalue weighted by atomic mass is 9.99. The van der Waals surface area contributed by atoms with Crippen molar-refractivity contribution >= 4 is 11.9 Å². The molecule has 0 bridgehead atoms. The lowest BCUT2D eigenvalue weighted by Gasteiger charge is -2.33. The molecule has 1 aliphatic rings. The van der Waals surface area contributed by atoms with Gasteiger partial charge in [-0.25, -0.2) is 0 Å². The van der Waals surface area contributed by atoms with E-state index in [2.05, 4.69) is 48.3 Å². The Kier molecular flexibility index (Phi) is 8.77. The topological polar surface area (TPSA) is 51.2 Å². The fraction of sp³-hybridized carbons (Fsp3) is 0.636. The lowest BCUT2D eigenvalue weighted by Crippen LogP contribution is -2.46. The van der Waals surface area contributed by atoms with Gasteiger partial charge in [0.15, 0.2) is 5.96 Å². The second-order valence-corrected chi connectivity index (χ2v) is 7.45. The lowest BCUT2D eigenvalue weighted by molar-refractivity contribution is -0.131. The summed E-state index contributed by atoms with van der Waals surface area (Å²) in [5.41, 5.74) is 2.90. The Morgan fingerprint density at radius 1 is 1.21 bits per heavy atom. The van der Waals surface area contributed by atoms with E-state index in [0.29, 0.717) is 19.1 Å². The van der Waals surface area contributed by atoms with E-state index in [-0.39, 0.29) is 5.91 Å². The zero-order chi connectivity index (χ0) is 20.5. The Bertz CT molecular complexity index is 656. The summed E-state index contributed by atoms with van der Waals surface area (Å²) in [6, 6.07) is 9.07. The molecule has 156 valence electrons. The van der Waals surface area contributed by atoms with Crippen LogP contribution in [0, 0.1) is 0 Å². The number of rotatable bonds is 8. The minimum Gasteiger partial charge on any atom is -0.357 e. The first-order valence-electron chi connectivity index (χ1n) is 10.6. The molecule has 0 spiro atoms. The average molecular weight is 388 g/mol. The molecule has 1 heterocycles. The molecule has 6 nitrogen and oxygen atoms in total. The average Bonchev–Trinajstić information content (AvgIpc) is 2.71. The van der Waals surface area contributed by atoms with Crippen molar-refractivity contribution in [3.8, 4) is 0 Å². The molecule has 1 atom stereocenters. The maximum atomic E-state index is 12.4. The fourth-order valence-electron chi connectivity index (χ4n) is 3.65. The number of carbonyl (C=O) groups excluding carboxylic acids is 1. The molecule has 0 saturated heterocycles. The zero-order valence-corrected chi connectivity index (χ0v) is 18.2. The fourth-order valence-corrected chi connectivity index (χ4v) is 3.65. The van der Waals surface area contributed by atoms with Crippen LogP contribution in [0.15, 0.2) is 29.3 Å². The van der Waals surface area contributed by atoms with Crippen LogP contribution in [-0.2, 0) is 17.8 Å². The van der Waals surface area contributed by atoms with Crippen molar-refractivity contribution < 1.29 is 4.79 Å². The predicted octanol–water partition coefficient (Wildman–Crippen LogP) is 2.20. The van der Waals surface area contributed by atoms with Crippen LogP contribution in [0.2, 0.25) is 0 Å². The van der Waals surface area contributed by atoms with E-state index < -0.39 is 0 Å². The van der Waals surface area contributed by atoms with Crippen LogP contribution in [0.5, 0.6) is 0 Å². The van der Waals surface area contributed by atoms with Crippen LogP contribution in [-0.4, -0.2) is 78.9 Å². The first-order valence-corrected chi connectivity index (χ1v) is 10.6. The molecule has 2 rings (SSSR count). The van der Waals surface area contributed by atoms with E-state index in [0.717, 1.165) is 45.1 Å². The van der Waals surface area contributed by atoms with Crippen molar-refractivity contribution in [1.82, 2.24) is 20.0 Å². The molecule has 0 fully saturated rings. The van der Waals surface area contributed by atoms with Gasteiger partial charge in [0.2, 0.25) is 5.91 Å². The van der Waals surface area contributed by atoms with Crippen LogP contribution < -0.4 is 5.32 Å². The van der Waals surface area contributed by atoms with Gasteiger partial charge in [-0.3, -0.25) is 14.7 Å². The van der Waals surface area contributed by atoms with E-state index in [9.17, 15) is 4.79 Å². The SMILES string of the molecule is CCNC(=NCC(C)N1CCc2ccccc2C1)N(C)CC(=O)N(CC)CC. The highest BCUT2D eigenvalue weighted by Crippen LogP contribution is 2.20. The van der Waals surface area contributed by atoms with Crippen LogP contribution in [0.1, 0.15) is 38.8 Å². The van der Waals surface area contributed by atoms with Gasteiger partial charge in [-0.05, 0) is 45.2 Å². The monoisotopic (exact) mass is 387 g/mol. The second-order valence-electron chi connectivity index (χ2n) is 7.45. The maximum absolute atomic E-state index is 12.4. The molecular weight excluding hydrogens is 350 g/mol. The minimum absolute atomic E-state index is 0.138. The van der Waals surface area contributed by atoms with Crippen molar-refractivity contribution in [2.45, 2.75) is 46.7 Å². The molecule has 0 saturated carbocycles. The van der Waals surface area contributed by atoms with Crippen molar-refractivity contribution in [2.24, 2.45) is 4.99 Å². The van der Waals surface area contributed by atoms with Crippen molar-refractivity contribution in [3.63, 3.8) is 0 Å². The molecule has 1 aromatic carbocycles. The third kappa shape index (κ3) is 5.96. The smallest absolute Gasteiger partial charge is 0.242 e. The molecular formula is C22H37N5O.